The van der Waals surface area contributed by atoms with Gasteiger partial charge in [-0.3, -0.25) is 24.0 Å². The predicted molar refractivity (Wildman–Crippen MR) is 134 cm³/mol. The number of amides is 1. The molecule has 0 saturated carbocycles. The summed E-state index contributed by atoms with van der Waals surface area (Å²) in [6.45, 7) is 1.45. The van der Waals surface area contributed by atoms with Crippen LogP contribution in [0.4, 0.5) is 9.18 Å². The maximum absolute atomic E-state index is 14.7. The van der Waals surface area contributed by atoms with E-state index in [2.05, 4.69) is 4.98 Å². The molecular weight excluding hydrogens is 493 g/mol. The largest absolute Gasteiger partial charge is 0.494 e. The van der Waals surface area contributed by atoms with Crippen LogP contribution in [0.1, 0.15) is 29.5 Å². The molecule has 1 amide bonds. The van der Waals surface area contributed by atoms with Gasteiger partial charge < -0.3 is 9.84 Å². The van der Waals surface area contributed by atoms with E-state index in [1.807, 2.05) is 13.0 Å². The predicted octanol–water partition coefficient (Wildman–Crippen LogP) is 3.77. The number of ether oxygens (including phenoxy) is 1. The Morgan fingerprint density at radius 1 is 1.21 bits per heavy atom. The van der Waals surface area contributed by atoms with Crippen molar-refractivity contribution < 1.29 is 23.8 Å². The van der Waals surface area contributed by atoms with Crippen LogP contribution >= 0.6 is 0 Å². The highest BCUT2D eigenvalue weighted by atomic mass is 19.1. The Morgan fingerprint density at radius 3 is 2.63 bits per heavy atom. The van der Waals surface area contributed by atoms with Crippen LogP contribution in [0.2, 0.25) is 0 Å². The van der Waals surface area contributed by atoms with Crippen molar-refractivity contribution in [2.75, 3.05) is 13.7 Å². The summed E-state index contributed by atoms with van der Waals surface area (Å²) < 4.78 is 20.8. The van der Waals surface area contributed by atoms with Gasteiger partial charge in [0.05, 0.1) is 41.9 Å². The van der Waals surface area contributed by atoms with Crippen molar-refractivity contribution in [3.8, 4) is 28.6 Å². The summed E-state index contributed by atoms with van der Waals surface area (Å²) in [7, 11) is 1.30. The standard InChI is InChI=1S/C27H20FN5O5/c1-14-3-4-16(12-30-14)19-7-15(11-29)8-20-24(19)31-25(22-10-18(34)13-32(22)27(36)37)33(26(20)35)17-5-6-23(38-2)21(28)9-17/h3-9,12,22H,10,13H2,1-2H3,(H,36,37). The number of nitrogens with zero attached hydrogens (tertiary/aromatic N) is 5. The number of nitriles is 1. The average Bonchev–Trinajstić information content (AvgIpc) is 3.30. The third-order valence-electron chi connectivity index (χ3n) is 6.43. The smallest absolute Gasteiger partial charge is 0.408 e. The van der Waals surface area contributed by atoms with E-state index < -0.39 is 23.5 Å². The fourth-order valence-electron chi connectivity index (χ4n) is 4.61. The summed E-state index contributed by atoms with van der Waals surface area (Å²) >= 11 is 0. The van der Waals surface area contributed by atoms with Gasteiger partial charge in [-0.1, -0.05) is 6.07 Å². The Morgan fingerprint density at radius 2 is 2.00 bits per heavy atom. The second-order valence-corrected chi connectivity index (χ2v) is 8.82. The molecule has 0 spiro atoms. The van der Waals surface area contributed by atoms with Gasteiger partial charge in [-0.05, 0) is 37.3 Å². The normalized spacial score (nSPS) is 15.1. The van der Waals surface area contributed by atoms with E-state index in [0.29, 0.717) is 11.1 Å². The summed E-state index contributed by atoms with van der Waals surface area (Å²) in [6, 6.07) is 11.3. The molecular formula is C27H20FN5O5. The molecule has 11 heteroatoms. The van der Waals surface area contributed by atoms with Crippen molar-refractivity contribution in [3.63, 3.8) is 0 Å². The van der Waals surface area contributed by atoms with Gasteiger partial charge in [-0.2, -0.15) is 5.26 Å². The number of rotatable bonds is 4. The van der Waals surface area contributed by atoms with Crippen LogP contribution < -0.4 is 10.3 Å². The summed E-state index contributed by atoms with van der Waals surface area (Å²) in [5.74, 6) is -1.20. The summed E-state index contributed by atoms with van der Waals surface area (Å²) in [5.41, 5.74) is 1.57. The first-order valence-electron chi connectivity index (χ1n) is 11.5. The SMILES string of the molecule is COc1ccc(-n2c(C3CC(=O)CN3C(=O)O)nc3c(-c4ccc(C)nc4)cc(C#N)cc3c2=O)cc1F. The molecule has 3 heterocycles. The summed E-state index contributed by atoms with van der Waals surface area (Å²) in [6.07, 6.45) is 0.0192. The van der Waals surface area contributed by atoms with Gasteiger partial charge >= 0.3 is 6.09 Å². The van der Waals surface area contributed by atoms with Crippen LogP contribution in [-0.4, -0.2) is 50.1 Å². The Balaban J connectivity index is 1.89. The first-order valence-corrected chi connectivity index (χ1v) is 11.5. The molecule has 2 aromatic carbocycles. The second kappa shape index (κ2) is 9.40. The van der Waals surface area contributed by atoms with Crippen molar-refractivity contribution in [2.45, 2.75) is 19.4 Å². The number of halogens is 1. The molecule has 1 atom stereocenters. The highest BCUT2D eigenvalue weighted by Gasteiger charge is 2.38. The maximum Gasteiger partial charge on any atom is 0.408 e. The van der Waals surface area contributed by atoms with Crippen LogP contribution in [0.15, 0.2) is 53.5 Å². The molecule has 5 rings (SSSR count). The number of hydrogen-bond donors (Lipinski definition) is 1. The number of pyridine rings is 1. The van der Waals surface area contributed by atoms with E-state index in [4.69, 9.17) is 9.72 Å². The monoisotopic (exact) mass is 513 g/mol. The minimum Gasteiger partial charge on any atom is -0.494 e. The molecule has 190 valence electrons. The summed E-state index contributed by atoms with van der Waals surface area (Å²) in [4.78, 5) is 48.3. The second-order valence-electron chi connectivity index (χ2n) is 8.82. The number of carboxylic acid groups (broad SMARTS) is 1. The Hall–Kier alpha value is -5.11. The number of benzene rings is 2. The highest BCUT2D eigenvalue weighted by molar-refractivity contribution is 5.95. The Kier molecular flexibility index (Phi) is 6.08. The number of fused-ring (bicyclic) bond motifs is 1. The van der Waals surface area contributed by atoms with Gasteiger partial charge in [-0.25, -0.2) is 14.2 Å². The van der Waals surface area contributed by atoms with Crippen LogP contribution in [0.3, 0.4) is 0 Å². The third-order valence-corrected chi connectivity index (χ3v) is 6.43. The van der Waals surface area contributed by atoms with Crippen LogP contribution in [0.25, 0.3) is 27.7 Å². The van der Waals surface area contributed by atoms with E-state index in [9.17, 15) is 29.1 Å². The Bertz CT molecular complexity index is 1730. The number of hydrogen-bond acceptors (Lipinski definition) is 7. The minimum absolute atomic E-state index is 0.0497. The molecule has 0 radical (unpaired) electrons. The van der Waals surface area contributed by atoms with Gasteiger partial charge in [-0.15, -0.1) is 0 Å². The lowest BCUT2D eigenvalue weighted by molar-refractivity contribution is -0.116. The quantitative estimate of drug-likeness (QED) is 0.435. The van der Waals surface area contributed by atoms with Crippen molar-refractivity contribution in [1.29, 1.82) is 5.26 Å². The number of carbonyl (C=O) groups excluding carboxylic acids is 1. The van der Waals surface area contributed by atoms with E-state index in [-0.39, 0.29) is 52.5 Å². The molecule has 2 aromatic heterocycles. The molecule has 38 heavy (non-hydrogen) atoms. The van der Waals surface area contributed by atoms with E-state index in [1.165, 1.54) is 25.3 Å². The molecule has 1 N–H and O–H groups in total. The molecule has 1 fully saturated rings. The van der Waals surface area contributed by atoms with E-state index in [0.717, 1.165) is 21.2 Å². The van der Waals surface area contributed by atoms with E-state index >= 15 is 0 Å². The van der Waals surface area contributed by atoms with Gasteiger partial charge in [0.25, 0.3) is 5.56 Å². The van der Waals surface area contributed by atoms with Crippen molar-refractivity contribution in [2.24, 2.45) is 0 Å². The van der Waals surface area contributed by atoms with Crippen LogP contribution in [0.5, 0.6) is 5.75 Å². The van der Waals surface area contributed by atoms with Crippen molar-refractivity contribution >= 4 is 22.8 Å². The van der Waals surface area contributed by atoms with Crippen molar-refractivity contribution in [1.82, 2.24) is 19.4 Å². The number of Topliss-reactive ketones (excluding diaryl/α,β-unsaturated/α-hetero) is 1. The Labute approximate surface area is 215 Å². The molecule has 1 unspecified atom stereocenters. The lowest BCUT2D eigenvalue weighted by Gasteiger charge is -2.24. The van der Waals surface area contributed by atoms with Crippen LogP contribution in [-0.2, 0) is 4.79 Å². The lowest BCUT2D eigenvalue weighted by Crippen LogP contribution is -2.34. The third kappa shape index (κ3) is 4.12. The number of methoxy groups -OCH3 is 1. The summed E-state index contributed by atoms with van der Waals surface area (Å²) in [5, 5.41) is 19.5. The highest BCUT2D eigenvalue weighted by Crippen LogP contribution is 2.34. The number of carbonyl (C=O) groups is 2. The molecule has 4 aromatic rings. The molecule has 1 saturated heterocycles. The number of aryl methyl sites for hydroxylation is 1. The number of aromatic nitrogens is 3. The molecule has 1 aliphatic heterocycles. The average molecular weight is 513 g/mol. The topological polar surface area (TPSA) is 138 Å². The number of ketones is 1. The van der Waals surface area contributed by atoms with Crippen molar-refractivity contribution in [3.05, 3.63) is 81.9 Å². The molecule has 1 aliphatic rings. The fourth-order valence-corrected chi connectivity index (χ4v) is 4.61. The van der Waals surface area contributed by atoms with E-state index in [1.54, 1.807) is 24.4 Å². The zero-order chi connectivity index (χ0) is 27.1. The lowest BCUT2D eigenvalue weighted by atomic mass is 10.00. The molecule has 0 aliphatic carbocycles. The first-order chi connectivity index (χ1) is 18.2. The fraction of sp³-hybridized carbons (Fsp3) is 0.185. The van der Waals surface area contributed by atoms with Gasteiger partial charge in [0, 0.05) is 35.5 Å². The zero-order valence-corrected chi connectivity index (χ0v) is 20.3. The minimum atomic E-state index is -1.36. The maximum atomic E-state index is 14.7. The van der Waals surface area contributed by atoms with Gasteiger partial charge in [0.1, 0.15) is 11.9 Å². The number of likely N-dealkylation sites (tertiary alicyclic amines) is 1. The molecule has 0 bridgehead atoms. The van der Waals surface area contributed by atoms with Gasteiger partial charge in [0.2, 0.25) is 0 Å². The van der Waals surface area contributed by atoms with Gasteiger partial charge in [0.15, 0.2) is 17.3 Å². The molecule has 10 nitrogen and oxygen atoms in total. The van der Waals surface area contributed by atoms with Crippen LogP contribution in [0, 0.1) is 24.1 Å². The zero-order valence-electron chi connectivity index (χ0n) is 20.3. The first kappa shape index (κ1) is 24.6.